The second kappa shape index (κ2) is 8.71. The molecule has 2 heterocycles. The van der Waals surface area contributed by atoms with E-state index in [0.29, 0.717) is 36.5 Å². The normalized spacial score (nSPS) is 15.7. The van der Waals surface area contributed by atoms with Crippen molar-refractivity contribution < 1.29 is 9.59 Å². The summed E-state index contributed by atoms with van der Waals surface area (Å²) in [5.41, 5.74) is 3.19. The molecule has 0 unspecified atom stereocenters. The van der Waals surface area contributed by atoms with Crippen molar-refractivity contribution >= 4 is 28.3 Å². The number of rotatable bonds is 7. The molecule has 29 heavy (non-hydrogen) atoms. The maximum atomic E-state index is 13.2. The fourth-order valence-corrected chi connectivity index (χ4v) is 3.29. The van der Waals surface area contributed by atoms with Crippen molar-refractivity contribution in [2.75, 3.05) is 54.4 Å². The molecule has 0 saturated carbocycles. The Morgan fingerprint density at radius 2 is 1.79 bits per heavy atom. The van der Waals surface area contributed by atoms with Crippen LogP contribution in [0.15, 0.2) is 30.5 Å². The van der Waals surface area contributed by atoms with Gasteiger partial charge in [-0.15, -0.1) is 0 Å². The largest absolute Gasteiger partial charge is 0.389 e. The van der Waals surface area contributed by atoms with E-state index in [4.69, 9.17) is 4.98 Å². The van der Waals surface area contributed by atoms with Gasteiger partial charge in [-0.1, -0.05) is 18.2 Å². The summed E-state index contributed by atoms with van der Waals surface area (Å²) in [5.74, 6) is -0.588. The SMILES string of the molecule is Cc1cccc2cc3c(nc12)C(=CNCCN(C)C)C(=O)N(CCN(C)C)C3=O. The predicted molar refractivity (Wildman–Crippen MR) is 116 cm³/mol. The number of imide groups is 1. The Balaban J connectivity index is 2.07. The summed E-state index contributed by atoms with van der Waals surface area (Å²) < 4.78 is 0. The zero-order valence-corrected chi connectivity index (χ0v) is 17.8. The van der Waals surface area contributed by atoms with E-state index in [-0.39, 0.29) is 11.8 Å². The molecule has 1 aromatic carbocycles. The molecule has 0 atom stereocenters. The molecule has 1 aromatic heterocycles. The van der Waals surface area contributed by atoms with Gasteiger partial charge in [-0.05, 0) is 46.7 Å². The van der Waals surface area contributed by atoms with Gasteiger partial charge in [0.1, 0.15) is 0 Å². The molecule has 2 aromatic rings. The number of hydrogen-bond donors (Lipinski definition) is 1. The van der Waals surface area contributed by atoms with Crippen LogP contribution in [0.2, 0.25) is 0 Å². The van der Waals surface area contributed by atoms with Crippen LogP contribution in [-0.4, -0.2) is 85.9 Å². The maximum absolute atomic E-state index is 13.2. The van der Waals surface area contributed by atoms with Crippen LogP contribution >= 0.6 is 0 Å². The number of carbonyl (C=O) groups is 2. The maximum Gasteiger partial charge on any atom is 0.264 e. The molecule has 154 valence electrons. The number of likely N-dealkylation sites (N-methyl/N-ethyl adjacent to an activating group) is 2. The van der Waals surface area contributed by atoms with Gasteiger partial charge in [0, 0.05) is 37.8 Å². The lowest BCUT2D eigenvalue weighted by atomic mass is 9.96. The van der Waals surface area contributed by atoms with Gasteiger partial charge >= 0.3 is 0 Å². The summed E-state index contributed by atoms with van der Waals surface area (Å²) in [5, 5.41) is 4.11. The highest BCUT2D eigenvalue weighted by molar-refractivity contribution is 6.30. The van der Waals surface area contributed by atoms with Crippen molar-refractivity contribution in [3.63, 3.8) is 0 Å². The van der Waals surface area contributed by atoms with E-state index in [1.54, 1.807) is 6.20 Å². The van der Waals surface area contributed by atoms with Gasteiger partial charge in [-0.3, -0.25) is 14.5 Å². The molecule has 7 nitrogen and oxygen atoms in total. The van der Waals surface area contributed by atoms with Crippen molar-refractivity contribution in [1.82, 2.24) is 25.0 Å². The molecular formula is C22H29N5O2. The van der Waals surface area contributed by atoms with Crippen LogP contribution in [0.5, 0.6) is 0 Å². The standard InChI is InChI=1S/C22H29N5O2/c1-15-7-6-8-16-13-17-20(24-19(15)16)18(14-23-9-10-25(2)3)22(29)27(21(17)28)12-11-26(4)5/h6-8,13-14,23H,9-12H2,1-5H3. The molecule has 0 spiro atoms. The summed E-state index contributed by atoms with van der Waals surface area (Å²) in [6, 6.07) is 7.74. The number of hydrogen-bond acceptors (Lipinski definition) is 6. The van der Waals surface area contributed by atoms with Gasteiger partial charge in [0.15, 0.2) is 0 Å². The number of aryl methyl sites for hydroxylation is 1. The molecule has 7 heteroatoms. The van der Waals surface area contributed by atoms with E-state index in [1.807, 2.05) is 64.3 Å². The van der Waals surface area contributed by atoms with Gasteiger partial charge < -0.3 is 15.1 Å². The second-order valence-corrected chi connectivity index (χ2v) is 7.91. The molecule has 1 N–H and O–H groups in total. The Labute approximate surface area is 172 Å². The van der Waals surface area contributed by atoms with Crippen LogP contribution in [-0.2, 0) is 4.79 Å². The molecule has 0 radical (unpaired) electrons. The highest BCUT2D eigenvalue weighted by Crippen LogP contribution is 2.30. The average Bonchev–Trinajstić information content (AvgIpc) is 2.66. The smallest absolute Gasteiger partial charge is 0.264 e. The monoisotopic (exact) mass is 395 g/mol. The zero-order valence-electron chi connectivity index (χ0n) is 17.8. The minimum atomic E-state index is -0.304. The van der Waals surface area contributed by atoms with Crippen LogP contribution in [0.1, 0.15) is 21.6 Å². The lowest BCUT2D eigenvalue weighted by Crippen LogP contribution is -2.45. The Morgan fingerprint density at radius 1 is 1.07 bits per heavy atom. The topological polar surface area (TPSA) is 68.8 Å². The highest BCUT2D eigenvalue weighted by Gasteiger charge is 2.36. The number of aromatic nitrogens is 1. The van der Waals surface area contributed by atoms with Crippen LogP contribution < -0.4 is 5.32 Å². The summed E-state index contributed by atoms with van der Waals surface area (Å²) in [6.07, 6.45) is 1.71. The summed E-state index contributed by atoms with van der Waals surface area (Å²) >= 11 is 0. The molecule has 1 aliphatic heterocycles. The van der Waals surface area contributed by atoms with E-state index in [2.05, 4.69) is 10.2 Å². The summed E-state index contributed by atoms with van der Waals surface area (Å²) in [6.45, 7) is 4.45. The third kappa shape index (κ3) is 4.46. The number of benzene rings is 1. The molecule has 0 aliphatic carbocycles. The first-order valence-corrected chi connectivity index (χ1v) is 9.79. The van der Waals surface area contributed by atoms with Crippen LogP contribution in [0.25, 0.3) is 16.5 Å². The van der Waals surface area contributed by atoms with Crippen molar-refractivity contribution in [2.24, 2.45) is 0 Å². The van der Waals surface area contributed by atoms with E-state index in [9.17, 15) is 9.59 Å². The Morgan fingerprint density at radius 3 is 2.48 bits per heavy atom. The molecule has 1 aliphatic rings. The third-order valence-electron chi connectivity index (χ3n) is 4.97. The van der Waals surface area contributed by atoms with Gasteiger partial charge in [-0.2, -0.15) is 0 Å². The second-order valence-electron chi connectivity index (χ2n) is 7.91. The minimum Gasteiger partial charge on any atom is -0.389 e. The molecule has 0 saturated heterocycles. The first kappa shape index (κ1) is 21.0. The van der Waals surface area contributed by atoms with Gasteiger partial charge in [0.05, 0.1) is 22.3 Å². The molecular weight excluding hydrogens is 366 g/mol. The number of nitrogens with one attached hydrogen (secondary N) is 1. The summed E-state index contributed by atoms with van der Waals surface area (Å²) in [4.78, 5) is 36.4. The zero-order chi connectivity index (χ0) is 21.1. The number of nitrogens with zero attached hydrogens (tertiary/aromatic N) is 4. The van der Waals surface area contributed by atoms with Crippen LogP contribution in [0, 0.1) is 6.92 Å². The van der Waals surface area contributed by atoms with E-state index >= 15 is 0 Å². The first-order valence-electron chi connectivity index (χ1n) is 9.79. The Hall–Kier alpha value is -2.77. The number of carbonyl (C=O) groups excluding carboxylic acids is 2. The number of fused-ring (bicyclic) bond motifs is 2. The van der Waals surface area contributed by atoms with E-state index in [1.165, 1.54) is 4.90 Å². The van der Waals surface area contributed by atoms with Crippen molar-refractivity contribution in [3.8, 4) is 0 Å². The fourth-order valence-electron chi connectivity index (χ4n) is 3.29. The Bertz CT molecular complexity index is 965. The van der Waals surface area contributed by atoms with E-state index in [0.717, 1.165) is 23.0 Å². The summed E-state index contributed by atoms with van der Waals surface area (Å²) in [7, 11) is 7.83. The molecule has 3 rings (SSSR count). The lowest BCUT2D eigenvalue weighted by Gasteiger charge is -2.29. The van der Waals surface area contributed by atoms with Crippen molar-refractivity contribution in [1.29, 1.82) is 0 Å². The number of pyridine rings is 1. The predicted octanol–water partition coefficient (Wildman–Crippen LogP) is 1.58. The van der Waals surface area contributed by atoms with Crippen LogP contribution in [0.3, 0.4) is 0 Å². The van der Waals surface area contributed by atoms with Gasteiger partial charge in [-0.25, -0.2) is 4.98 Å². The highest BCUT2D eigenvalue weighted by atomic mass is 16.2. The quantitative estimate of drug-likeness (QED) is 0.436. The number of amides is 2. The van der Waals surface area contributed by atoms with Crippen molar-refractivity contribution in [2.45, 2.75) is 6.92 Å². The van der Waals surface area contributed by atoms with Crippen LogP contribution in [0.4, 0.5) is 0 Å². The molecule has 0 bridgehead atoms. The first-order chi connectivity index (χ1) is 13.8. The van der Waals surface area contributed by atoms with Gasteiger partial charge in [0.25, 0.3) is 11.8 Å². The van der Waals surface area contributed by atoms with E-state index < -0.39 is 0 Å². The fraction of sp³-hybridized carbons (Fsp3) is 0.409. The molecule has 2 amide bonds. The lowest BCUT2D eigenvalue weighted by molar-refractivity contribution is -0.123. The van der Waals surface area contributed by atoms with Crippen molar-refractivity contribution in [3.05, 3.63) is 47.3 Å². The Kier molecular flexibility index (Phi) is 6.30. The third-order valence-corrected chi connectivity index (χ3v) is 4.97. The molecule has 0 fully saturated rings. The van der Waals surface area contributed by atoms with Gasteiger partial charge in [0.2, 0.25) is 0 Å². The minimum absolute atomic E-state index is 0.284. The number of para-hydroxylation sites is 1. The average molecular weight is 396 g/mol.